The average molecular weight is 232 g/mol. The SMILES string of the molecule is O=C1CCC(c2nc(Cl)cc(Cl)n2)N1. The van der Waals surface area contributed by atoms with E-state index in [2.05, 4.69) is 15.3 Å². The third-order valence-corrected chi connectivity index (χ3v) is 2.38. The second-order valence-electron chi connectivity index (χ2n) is 3.03. The molecule has 4 nitrogen and oxygen atoms in total. The Bertz CT molecular complexity index is 363. The van der Waals surface area contributed by atoms with Crippen molar-refractivity contribution in [2.45, 2.75) is 18.9 Å². The van der Waals surface area contributed by atoms with Gasteiger partial charge in [0.1, 0.15) is 10.3 Å². The summed E-state index contributed by atoms with van der Waals surface area (Å²) >= 11 is 11.4. The van der Waals surface area contributed by atoms with Crippen LogP contribution in [0.5, 0.6) is 0 Å². The molecular weight excluding hydrogens is 225 g/mol. The van der Waals surface area contributed by atoms with Gasteiger partial charge in [0, 0.05) is 12.5 Å². The maximum Gasteiger partial charge on any atom is 0.220 e. The Labute approximate surface area is 90.6 Å². The highest BCUT2D eigenvalue weighted by atomic mass is 35.5. The molecule has 1 saturated heterocycles. The lowest BCUT2D eigenvalue weighted by Gasteiger charge is -2.08. The molecular formula is C8H7Cl2N3O. The van der Waals surface area contributed by atoms with Crippen molar-refractivity contribution in [3.63, 3.8) is 0 Å². The van der Waals surface area contributed by atoms with Crippen LogP contribution in [0.4, 0.5) is 0 Å². The predicted octanol–water partition coefficient (Wildman–Crippen LogP) is 1.73. The number of carbonyl (C=O) groups is 1. The summed E-state index contributed by atoms with van der Waals surface area (Å²) in [6.45, 7) is 0. The number of hydrogen-bond acceptors (Lipinski definition) is 3. The van der Waals surface area contributed by atoms with Crippen LogP contribution < -0.4 is 5.32 Å². The van der Waals surface area contributed by atoms with E-state index in [9.17, 15) is 4.79 Å². The summed E-state index contributed by atoms with van der Waals surface area (Å²) in [6.07, 6.45) is 1.19. The molecule has 0 spiro atoms. The molecule has 0 saturated carbocycles. The summed E-state index contributed by atoms with van der Waals surface area (Å²) in [6, 6.07) is 1.31. The molecule has 1 amide bonds. The van der Waals surface area contributed by atoms with Crippen molar-refractivity contribution in [2.24, 2.45) is 0 Å². The highest BCUT2D eigenvalue weighted by Gasteiger charge is 2.24. The fraction of sp³-hybridized carbons (Fsp3) is 0.375. The first-order valence-corrected chi connectivity index (χ1v) is 4.90. The van der Waals surface area contributed by atoms with Crippen LogP contribution in [-0.4, -0.2) is 15.9 Å². The topological polar surface area (TPSA) is 54.9 Å². The zero-order valence-corrected chi connectivity index (χ0v) is 8.64. The summed E-state index contributed by atoms with van der Waals surface area (Å²) in [7, 11) is 0. The zero-order valence-electron chi connectivity index (χ0n) is 7.13. The third kappa shape index (κ3) is 1.96. The molecule has 1 N–H and O–H groups in total. The molecule has 1 fully saturated rings. The van der Waals surface area contributed by atoms with E-state index in [-0.39, 0.29) is 11.9 Å². The first-order valence-electron chi connectivity index (χ1n) is 4.14. The van der Waals surface area contributed by atoms with Gasteiger partial charge in [-0.1, -0.05) is 23.2 Å². The van der Waals surface area contributed by atoms with E-state index in [1.165, 1.54) is 6.07 Å². The summed E-state index contributed by atoms with van der Waals surface area (Å²) in [5.41, 5.74) is 0. The fourth-order valence-electron chi connectivity index (χ4n) is 1.37. The normalized spacial score (nSPS) is 21.0. The van der Waals surface area contributed by atoms with Crippen LogP contribution in [0.2, 0.25) is 10.3 Å². The number of halogens is 2. The largest absolute Gasteiger partial charge is 0.346 e. The number of rotatable bonds is 1. The van der Waals surface area contributed by atoms with Crippen molar-refractivity contribution in [3.8, 4) is 0 Å². The van der Waals surface area contributed by atoms with E-state index < -0.39 is 0 Å². The zero-order chi connectivity index (χ0) is 10.1. The average Bonchev–Trinajstić information content (AvgIpc) is 2.50. The molecule has 6 heteroatoms. The van der Waals surface area contributed by atoms with E-state index in [0.29, 0.717) is 29.0 Å². The lowest BCUT2D eigenvalue weighted by molar-refractivity contribution is -0.119. The predicted molar refractivity (Wildman–Crippen MR) is 52.2 cm³/mol. The van der Waals surface area contributed by atoms with E-state index >= 15 is 0 Å². The first-order chi connectivity index (χ1) is 6.65. The highest BCUT2D eigenvalue weighted by Crippen LogP contribution is 2.23. The molecule has 1 aliphatic heterocycles. The number of nitrogens with zero attached hydrogens (tertiary/aromatic N) is 2. The summed E-state index contributed by atoms with van der Waals surface area (Å²) in [5, 5.41) is 3.33. The van der Waals surface area contributed by atoms with Gasteiger partial charge >= 0.3 is 0 Å². The van der Waals surface area contributed by atoms with Gasteiger partial charge in [0.15, 0.2) is 5.82 Å². The second kappa shape index (κ2) is 3.71. The van der Waals surface area contributed by atoms with Crippen molar-refractivity contribution in [1.29, 1.82) is 0 Å². The van der Waals surface area contributed by atoms with Gasteiger partial charge in [-0.05, 0) is 6.42 Å². The molecule has 0 bridgehead atoms. The minimum absolute atomic E-state index is 0.00898. The Hall–Kier alpha value is -0.870. The van der Waals surface area contributed by atoms with Gasteiger partial charge in [-0.3, -0.25) is 4.79 Å². The quantitative estimate of drug-likeness (QED) is 0.750. The van der Waals surface area contributed by atoms with Gasteiger partial charge in [0.05, 0.1) is 6.04 Å². The lowest BCUT2D eigenvalue weighted by Crippen LogP contribution is -2.20. The van der Waals surface area contributed by atoms with Gasteiger partial charge in [-0.2, -0.15) is 0 Å². The number of nitrogens with one attached hydrogen (secondary N) is 1. The Morgan fingerprint density at radius 2 is 2.00 bits per heavy atom. The van der Waals surface area contributed by atoms with E-state index in [1.54, 1.807) is 0 Å². The molecule has 2 heterocycles. The van der Waals surface area contributed by atoms with Crippen molar-refractivity contribution in [1.82, 2.24) is 15.3 Å². The number of carbonyl (C=O) groups excluding carboxylic acids is 1. The maximum absolute atomic E-state index is 11.0. The van der Waals surface area contributed by atoms with Crippen LogP contribution in [0, 0.1) is 0 Å². The molecule has 1 atom stereocenters. The first kappa shape index (κ1) is 9.68. The van der Waals surface area contributed by atoms with E-state index in [0.717, 1.165) is 0 Å². The van der Waals surface area contributed by atoms with Gasteiger partial charge in [0.2, 0.25) is 5.91 Å². The van der Waals surface area contributed by atoms with Gasteiger partial charge < -0.3 is 5.32 Å². The third-order valence-electron chi connectivity index (χ3n) is 1.99. The van der Waals surface area contributed by atoms with Crippen LogP contribution in [0.1, 0.15) is 24.7 Å². The number of amides is 1. The van der Waals surface area contributed by atoms with Crippen molar-refractivity contribution in [2.75, 3.05) is 0 Å². The van der Waals surface area contributed by atoms with Crippen LogP contribution in [0.3, 0.4) is 0 Å². The Balaban J connectivity index is 2.27. The van der Waals surface area contributed by atoms with E-state index in [1.807, 2.05) is 0 Å². The molecule has 74 valence electrons. The molecule has 0 radical (unpaired) electrons. The van der Waals surface area contributed by atoms with Gasteiger partial charge in [-0.25, -0.2) is 9.97 Å². The van der Waals surface area contributed by atoms with Gasteiger partial charge in [0.25, 0.3) is 0 Å². The fourth-order valence-corrected chi connectivity index (χ4v) is 1.81. The Kier molecular flexibility index (Phi) is 2.56. The molecule has 0 aromatic carbocycles. The summed E-state index contributed by atoms with van der Waals surface area (Å²) in [5.74, 6) is 0.489. The molecule has 0 aliphatic carbocycles. The Morgan fingerprint density at radius 3 is 2.50 bits per heavy atom. The molecule has 2 rings (SSSR count). The second-order valence-corrected chi connectivity index (χ2v) is 3.80. The summed E-state index contributed by atoms with van der Waals surface area (Å²) in [4.78, 5) is 19.0. The van der Waals surface area contributed by atoms with Gasteiger partial charge in [-0.15, -0.1) is 0 Å². The van der Waals surface area contributed by atoms with E-state index in [4.69, 9.17) is 23.2 Å². The standard InChI is InChI=1S/C8H7Cl2N3O/c9-5-3-6(10)13-8(12-5)4-1-2-7(14)11-4/h3-4H,1-2H2,(H,11,14). The Morgan fingerprint density at radius 1 is 1.36 bits per heavy atom. The molecule has 1 aromatic rings. The number of hydrogen-bond donors (Lipinski definition) is 1. The van der Waals surface area contributed by atoms with Crippen LogP contribution in [-0.2, 0) is 4.79 Å². The van der Waals surface area contributed by atoms with Crippen molar-refractivity contribution < 1.29 is 4.79 Å². The smallest absolute Gasteiger partial charge is 0.220 e. The molecule has 14 heavy (non-hydrogen) atoms. The highest BCUT2D eigenvalue weighted by molar-refractivity contribution is 6.33. The van der Waals surface area contributed by atoms with Crippen LogP contribution in [0.15, 0.2) is 6.07 Å². The van der Waals surface area contributed by atoms with Crippen molar-refractivity contribution in [3.05, 3.63) is 22.2 Å². The molecule has 1 aliphatic rings. The summed E-state index contributed by atoms with van der Waals surface area (Å²) < 4.78 is 0. The monoisotopic (exact) mass is 231 g/mol. The van der Waals surface area contributed by atoms with Crippen LogP contribution >= 0.6 is 23.2 Å². The minimum atomic E-state index is -0.154. The van der Waals surface area contributed by atoms with Crippen molar-refractivity contribution >= 4 is 29.1 Å². The lowest BCUT2D eigenvalue weighted by atomic mass is 10.2. The molecule has 1 aromatic heterocycles. The number of aromatic nitrogens is 2. The minimum Gasteiger partial charge on any atom is -0.346 e. The maximum atomic E-state index is 11.0. The van der Waals surface area contributed by atoms with Crippen LogP contribution in [0.25, 0.3) is 0 Å². The molecule has 1 unspecified atom stereocenters.